The molecule has 88 valence electrons. The first-order valence-electron chi connectivity index (χ1n) is 4.68. The zero-order valence-electron chi connectivity index (χ0n) is 8.55. The van der Waals surface area contributed by atoms with Gasteiger partial charge in [0.25, 0.3) is 0 Å². The Morgan fingerprint density at radius 1 is 1.18 bits per heavy atom. The lowest BCUT2D eigenvalue weighted by molar-refractivity contribution is 0.586. The van der Waals surface area contributed by atoms with E-state index in [0.29, 0.717) is 11.4 Å². The number of benzene rings is 1. The van der Waals surface area contributed by atoms with E-state index in [9.17, 15) is 8.78 Å². The number of pyridine rings is 1. The van der Waals surface area contributed by atoms with E-state index >= 15 is 0 Å². The highest BCUT2D eigenvalue weighted by molar-refractivity contribution is 6.33. The van der Waals surface area contributed by atoms with Gasteiger partial charge in [-0.15, -0.1) is 0 Å². The van der Waals surface area contributed by atoms with Crippen molar-refractivity contribution in [2.75, 3.05) is 11.1 Å². The van der Waals surface area contributed by atoms with Crippen molar-refractivity contribution in [2.45, 2.75) is 0 Å². The number of aromatic nitrogens is 1. The molecule has 2 aromatic rings. The number of nitrogens with one attached hydrogen (secondary N) is 1. The normalized spacial score (nSPS) is 10.3. The van der Waals surface area contributed by atoms with Crippen molar-refractivity contribution in [3.05, 3.63) is 47.2 Å². The Kier molecular flexibility index (Phi) is 3.10. The highest BCUT2D eigenvalue weighted by Crippen LogP contribution is 2.29. The van der Waals surface area contributed by atoms with Crippen LogP contribution in [0.3, 0.4) is 0 Å². The molecule has 0 aliphatic rings. The number of hydrogen-bond acceptors (Lipinski definition) is 3. The molecule has 0 bridgehead atoms. The highest BCUT2D eigenvalue weighted by Gasteiger charge is 2.10. The summed E-state index contributed by atoms with van der Waals surface area (Å²) in [5.41, 5.74) is 6.40. The van der Waals surface area contributed by atoms with Gasteiger partial charge in [-0.25, -0.2) is 8.78 Å². The number of anilines is 3. The van der Waals surface area contributed by atoms with Gasteiger partial charge >= 0.3 is 0 Å². The summed E-state index contributed by atoms with van der Waals surface area (Å²) in [6.07, 6.45) is 2.91. The van der Waals surface area contributed by atoms with Crippen LogP contribution in [0.2, 0.25) is 5.02 Å². The first kappa shape index (κ1) is 11.6. The van der Waals surface area contributed by atoms with E-state index < -0.39 is 11.6 Å². The monoisotopic (exact) mass is 255 g/mol. The van der Waals surface area contributed by atoms with Gasteiger partial charge in [0, 0.05) is 12.3 Å². The van der Waals surface area contributed by atoms with E-state index in [0.717, 1.165) is 12.1 Å². The topological polar surface area (TPSA) is 50.9 Å². The van der Waals surface area contributed by atoms with Gasteiger partial charge in [-0.05, 0) is 12.1 Å². The minimum absolute atomic E-state index is 0.0135. The van der Waals surface area contributed by atoms with Crippen LogP contribution in [0.4, 0.5) is 25.8 Å². The van der Waals surface area contributed by atoms with Crippen molar-refractivity contribution in [1.29, 1.82) is 0 Å². The summed E-state index contributed by atoms with van der Waals surface area (Å²) < 4.78 is 26.3. The van der Waals surface area contributed by atoms with E-state index in [-0.39, 0.29) is 10.7 Å². The lowest BCUT2D eigenvalue weighted by Gasteiger charge is -2.09. The lowest BCUT2D eigenvalue weighted by atomic mass is 10.2. The van der Waals surface area contributed by atoms with Gasteiger partial charge < -0.3 is 11.1 Å². The Morgan fingerprint density at radius 2 is 1.94 bits per heavy atom. The van der Waals surface area contributed by atoms with E-state index in [1.165, 1.54) is 12.4 Å². The van der Waals surface area contributed by atoms with Gasteiger partial charge in [-0.1, -0.05) is 11.6 Å². The number of hydrogen-bond donors (Lipinski definition) is 2. The molecule has 0 atom stereocenters. The molecule has 3 nitrogen and oxygen atoms in total. The van der Waals surface area contributed by atoms with Crippen LogP contribution >= 0.6 is 11.6 Å². The Morgan fingerprint density at radius 3 is 2.59 bits per heavy atom. The van der Waals surface area contributed by atoms with E-state index in [1.54, 1.807) is 6.07 Å². The molecule has 3 N–H and O–H groups in total. The standard InChI is InChI=1S/C11H8ClF2N3/c12-9-1-6(13)2-10(14)11(9)17-8-3-7(15)4-16-5-8/h1-5,17H,15H2. The van der Waals surface area contributed by atoms with Crippen LogP contribution in [0, 0.1) is 11.6 Å². The van der Waals surface area contributed by atoms with Crippen molar-refractivity contribution >= 4 is 28.7 Å². The van der Waals surface area contributed by atoms with Gasteiger partial charge in [0.15, 0.2) is 5.82 Å². The average Bonchev–Trinajstić information content (AvgIpc) is 2.23. The van der Waals surface area contributed by atoms with E-state index in [4.69, 9.17) is 17.3 Å². The zero-order chi connectivity index (χ0) is 12.4. The second kappa shape index (κ2) is 4.55. The van der Waals surface area contributed by atoms with E-state index in [2.05, 4.69) is 10.3 Å². The number of nitrogen functional groups attached to an aromatic ring is 1. The molecule has 0 amide bonds. The number of nitrogens with two attached hydrogens (primary N) is 1. The number of rotatable bonds is 2. The molecule has 2 rings (SSSR count). The minimum Gasteiger partial charge on any atom is -0.397 e. The van der Waals surface area contributed by atoms with Gasteiger partial charge in [0.2, 0.25) is 0 Å². The maximum atomic E-state index is 13.5. The smallest absolute Gasteiger partial charge is 0.151 e. The third-order valence-corrected chi connectivity index (χ3v) is 2.33. The maximum absolute atomic E-state index is 13.5. The Bertz CT molecular complexity index is 537. The summed E-state index contributed by atoms with van der Waals surface area (Å²) in [5.74, 6) is -1.51. The Labute approximate surface area is 101 Å². The largest absolute Gasteiger partial charge is 0.397 e. The molecule has 1 aromatic heterocycles. The molecule has 0 radical (unpaired) electrons. The second-order valence-electron chi connectivity index (χ2n) is 3.38. The van der Waals surface area contributed by atoms with Gasteiger partial charge in [-0.2, -0.15) is 0 Å². The second-order valence-corrected chi connectivity index (χ2v) is 3.78. The SMILES string of the molecule is Nc1cncc(Nc2c(F)cc(F)cc2Cl)c1. The molecule has 17 heavy (non-hydrogen) atoms. The van der Waals surface area contributed by atoms with Crippen molar-refractivity contribution in [3.63, 3.8) is 0 Å². The van der Waals surface area contributed by atoms with Crippen molar-refractivity contribution in [3.8, 4) is 0 Å². The van der Waals surface area contributed by atoms with Crippen LogP contribution in [0.15, 0.2) is 30.6 Å². The fraction of sp³-hybridized carbons (Fsp3) is 0. The van der Waals surface area contributed by atoms with Crippen LogP contribution < -0.4 is 11.1 Å². The molecule has 1 aromatic carbocycles. The summed E-state index contributed by atoms with van der Waals surface area (Å²) in [6, 6.07) is 3.33. The predicted molar refractivity (Wildman–Crippen MR) is 63.3 cm³/mol. The predicted octanol–water partition coefficient (Wildman–Crippen LogP) is 3.34. The van der Waals surface area contributed by atoms with Crippen LogP contribution in [0.1, 0.15) is 0 Å². The third kappa shape index (κ3) is 2.62. The molecule has 0 saturated heterocycles. The Hall–Kier alpha value is -1.88. The number of nitrogens with zero attached hydrogens (tertiary/aromatic N) is 1. The van der Waals surface area contributed by atoms with Crippen LogP contribution in [-0.4, -0.2) is 4.98 Å². The van der Waals surface area contributed by atoms with Gasteiger partial charge in [0.05, 0.1) is 28.3 Å². The summed E-state index contributed by atoms with van der Waals surface area (Å²) in [5, 5.41) is 2.64. The van der Waals surface area contributed by atoms with Crippen LogP contribution in [-0.2, 0) is 0 Å². The van der Waals surface area contributed by atoms with Gasteiger partial charge in [-0.3, -0.25) is 4.98 Å². The fourth-order valence-electron chi connectivity index (χ4n) is 1.33. The molecule has 0 unspecified atom stereocenters. The molecular weight excluding hydrogens is 248 g/mol. The van der Waals surface area contributed by atoms with Crippen molar-refractivity contribution < 1.29 is 8.78 Å². The molecule has 0 spiro atoms. The first-order chi connectivity index (χ1) is 8.06. The molecule has 0 fully saturated rings. The van der Waals surface area contributed by atoms with Crippen LogP contribution in [0.5, 0.6) is 0 Å². The van der Waals surface area contributed by atoms with Crippen molar-refractivity contribution in [1.82, 2.24) is 4.98 Å². The van der Waals surface area contributed by atoms with E-state index in [1.807, 2.05) is 0 Å². The Balaban J connectivity index is 2.36. The lowest BCUT2D eigenvalue weighted by Crippen LogP contribution is -1.97. The third-order valence-electron chi connectivity index (χ3n) is 2.04. The molecule has 0 saturated carbocycles. The molecule has 0 aliphatic heterocycles. The summed E-state index contributed by atoms with van der Waals surface area (Å²) in [7, 11) is 0. The quantitative estimate of drug-likeness (QED) is 0.865. The zero-order valence-corrected chi connectivity index (χ0v) is 9.30. The minimum atomic E-state index is -0.780. The highest BCUT2D eigenvalue weighted by atomic mass is 35.5. The molecule has 0 aliphatic carbocycles. The average molecular weight is 256 g/mol. The summed E-state index contributed by atoms with van der Waals surface area (Å²) in [4.78, 5) is 3.83. The van der Waals surface area contributed by atoms with Crippen molar-refractivity contribution in [2.24, 2.45) is 0 Å². The summed E-state index contributed by atoms with van der Waals surface area (Å²) >= 11 is 5.73. The molecular formula is C11H8ClF2N3. The number of halogens is 3. The van der Waals surface area contributed by atoms with Crippen LogP contribution in [0.25, 0.3) is 0 Å². The van der Waals surface area contributed by atoms with Gasteiger partial charge in [0.1, 0.15) is 5.82 Å². The molecule has 1 heterocycles. The molecule has 6 heteroatoms. The maximum Gasteiger partial charge on any atom is 0.151 e. The summed E-state index contributed by atoms with van der Waals surface area (Å²) in [6.45, 7) is 0. The fourth-order valence-corrected chi connectivity index (χ4v) is 1.57. The first-order valence-corrected chi connectivity index (χ1v) is 5.06.